The highest BCUT2D eigenvalue weighted by atomic mass is 16.5. The van der Waals surface area contributed by atoms with Crippen molar-refractivity contribution in [2.24, 2.45) is 0 Å². The van der Waals surface area contributed by atoms with Crippen LogP contribution in [0.25, 0.3) is 0 Å². The second-order valence-corrected chi connectivity index (χ2v) is 3.20. The van der Waals surface area contributed by atoms with E-state index in [0.29, 0.717) is 6.42 Å². The van der Waals surface area contributed by atoms with Crippen molar-refractivity contribution in [2.45, 2.75) is 20.3 Å². The summed E-state index contributed by atoms with van der Waals surface area (Å²) in [6, 6.07) is 3.91. The highest BCUT2D eigenvalue weighted by Gasteiger charge is 2.04. The Morgan fingerprint density at radius 3 is 2.64 bits per heavy atom. The van der Waals surface area contributed by atoms with Gasteiger partial charge in [-0.15, -0.1) is 0 Å². The molecule has 0 aliphatic rings. The van der Waals surface area contributed by atoms with Gasteiger partial charge in [-0.25, -0.2) is 4.79 Å². The fraction of sp³-hybridized carbons (Fsp3) is 0.333. The van der Waals surface area contributed by atoms with E-state index in [9.17, 15) is 4.79 Å². The number of hydrogen-bond donors (Lipinski definition) is 0. The molecular formula is C12H14O2. The SMILES string of the molecule is COc1ccc(CC=C=O)c(C)c1C. The maximum absolute atomic E-state index is 10.1. The number of hydrogen-bond acceptors (Lipinski definition) is 2. The van der Waals surface area contributed by atoms with Crippen LogP contribution in [0.4, 0.5) is 0 Å². The standard InChI is InChI=1S/C12H14O2/c1-9-10(2)12(14-3)7-6-11(9)5-4-8-13/h4,6-7H,5H2,1-3H3. The van der Waals surface area contributed by atoms with Crippen molar-refractivity contribution in [3.8, 4) is 5.75 Å². The highest BCUT2D eigenvalue weighted by molar-refractivity contribution is 5.49. The summed E-state index contributed by atoms with van der Waals surface area (Å²) in [5, 5.41) is 0. The Kier molecular flexibility index (Phi) is 3.49. The molecule has 0 spiro atoms. The number of methoxy groups -OCH3 is 1. The minimum absolute atomic E-state index is 0.639. The molecule has 74 valence electrons. The lowest BCUT2D eigenvalue weighted by Crippen LogP contribution is -1.95. The van der Waals surface area contributed by atoms with E-state index < -0.39 is 0 Å². The van der Waals surface area contributed by atoms with Gasteiger partial charge in [-0.1, -0.05) is 6.07 Å². The van der Waals surface area contributed by atoms with E-state index in [0.717, 1.165) is 16.9 Å². The zero-order valence-corrected chi connectivity index (χ0v) is 8.76. The lowest BCUT2D eigenvalue weighted by Gasteiger charge is -2.10. The maximum Gasteiger partial charge on any atom is 0.122 e. The average Bonchev–Trinajstić information content (AvgIpc) is 2.20. The predicted molar refractivity (Wildman–Crippen MR) is 56.4 cm³/mol. The van der Waals surface area contributed by atoms with Crippen LogP contribution in [0.2, 0.25) is 0 Å². The normalized spacial score (nSPS) is 9.36. The summed E-state index contributed by atoms with van der Waals surface area (Å²) in [6.45, 7) is 4.05. The maximum atomic E-state index is 10.1. The van der Waals surface area contributed by atoms with Gasteiger partial charge in [0.25, 0.3) is 0 Å². The molecule has 0 aromatic heterocycles. The van der Waals surface area contributed by atoms with Gasteiger partial charge in [0, 0.05) is 12.5 Å². The summed E-state index contributed by atoms with van der Waals surface area (Å²) in [5.74, 6) is 2.68. The first kappa shape index (κ1) is 10.6. The predicted octanol–water partition coefficient (Wildman–Crippen LogP) is 2.24. The topological polar surface area (TPSA) is 26.3 Å². The molecular weight excluding hydrogens is 176 g/mol. The van der Waals surface area contributed by atoms with E-state index in [1.54, 1.807) is 13.1 Å². The Labute approximate surface area is 84.2 Å². The van der Waals surface area contributed by atoms with E-state index >= 15 is 0 Å². The number of allylic oxidation sites excluding steroid dienone is 1. The number of rotatable bonds is 3. The van der Waals surface area contributed by atoms with Gasteiger partial charge in [0.1, 0.15) is 11.7 Å². The first-order valence-corrected chi connectivity index (χ1v) is 4.53. The van der Waals surface area contributed by atoms with Crippen LogP contribution < -0.4 is 4.74 Å². The summed E-state index contributed by atoms with van der Waals surface area (Å²) in [4.78, 5) is 10.1. The molecule has 2 nitrogen and oxygen atoms in total. The third-order valence-corrected chi connectivity index (χ3v) is 2.47. The minimum atomic E-state index is 0.639. The van der Waals surface area contributed by atoms with E-state index in [1.165, 1.54) is 11.6 Å². The molecule has 0 radical (unpaired) electrons. The minimum Gasteiger partial charge on any atom is -0.496 e. The van der Waals surface area contributed by atoms with E-state index in [-0.39, 0.29) is 0 Å². The van der Waals surface area contributed by atoms with Gasteiger partial charge < -0.3 is 4.74 Å². The fourth-order valence-corrected chi connectivity index (χ4v) is 1.45. The van der Waals surface area contributed by atoms with Crippen molar-refractivity contribution in [1.82, 2.24) is 0 Å². The van der Waals surface area contributed by atoms with Crippen molar-refractivity contribution in [2.75, 3.05) is 7.11 Å². The van der Waals surface area contributed by atoms with Crippen LogP contribution in [0.5, 0.6) is 5.75 Å². The van der Waals surface area contributed by atoms with Crippen LogP contribution in [0.15, 0.2) is 18.2 Å². The molecule has 14 heavy (non-hydrogen) atoms. The Balaban J connectivity index is 3.10. The summed E-state index contributed by atoms with van der Waals surface area (Å²) in [5.41, 5.74) is 3.45. The van der Waals surface area contributed by atoms with Crippen LogP contribution in [0.3, 0.4) is 0 Å². The molecule has 0 atom stereocenters. The van der Waals surface area contributed by atoms with E-state index in [4.69, 9.17) is 4.74 Å². The number of ether oxygens (including phenoxy) is 1. The first-order chi connectivity index (χ1) is 6.70. The van der Waals surface area contributed by atoms with Crippen LogP contribution in [-0.4, -0.2) is 13.1 Å². The molecule has 0 saturated heterocycles. The Hall–Kier alpha value is -1.53. The van der Waals surface area contributed by atoms with Crippen LogP contribution >= 0.6 is 0 Å². The zero-order valence-electron chi connectivity index (χ0n) is 8.76. The van der Waals surface area contributed by atoms with Gasteiger partial charge in [0.05, 0.1) is 7.11 Å². The molecule has 0 aliphatic carbocycles. The van der Waals surface area contributed by atoms with Gasteiger partial charge >= 0.3 is 0 Å². The smallest absolute Gasteiger partial charge is 0.122 e. The monoisotopic (exact) mass is 190 g/mol. The summed E-state index contributed by atoms with van der Waals surface area (Å²) < 4.78 is 5.20. The van der Waals surface area contributed by atoms with Crippen molar-refractivity contribution in [1.29, 1.82) is 0 Å². The largest absolute Gasteiger partial charge is 0.496 e. The van der Waals surface area contributed by atoms with E-state index in [2.05, 4.69) is 0 Å². The molecule has 0 aliphatic heterocycles. The lowest BCUT2D eigenvalue weighted by molar-refractivity contribution is 0.411. The molecule has 1 aromatic carbocycles. The number of carbonyl (C=O) groups excluding carboxylic acids is 1. The van der Waals surface area contributed by atoms with Crippen LogP contribution in [-0.2, 0) is 11.2 Å². The van der Waals surface area contributed by atoms with Crippen LogP contribution in [0, 0.1) is 13.8 Å². The quantitative estimate of drug-likeness (QED) is 0.683. The van der Waals surface area contributed by atoms with Gasteiger partial charge in [0.15, 0.2) is 0 Å². The van der Waals surface area contributed by atoms with Gasteiger partial charge in [-0.3, -0.25) is 0 Å². The number of benzene rings is 1. The van der Waals surface area contributed by atoms with Gasteiger partial charge in [-0.05, 0) is 36.6 Å². The molecule has 2 heteroatoms. The molecule has 0 unspecified atom stereocenters. The molecule has 1 rings (SSSR count). The molecule has 0 fully saturated rings. The first-order valence-electron chi connectivity index (χ1n) is 4.53. The molecule has 0 bridgehead atoms. The van der Waals surface area contributed by atoms with Gasteiger partial charge in [0.2, 0.25) is 0 Å². The van der Waals surface area contributed by atoms with Crippen molar-refractivity contribution >= 4 is 5.94 Å². The van der Waals surface area contributed by atoms with Crippen molar-refractivity contribution < 1.29 is 9.53 Å². The molecule has 0 heterocycles. The molecule has 0 saturated carbocycles. The van der Waals surface area contributed by atoms with Crippen molar-refractivity contribution in [3.05, 3.63) is 34.9 Å². The summed E-state index contributed by atoms with van der Waals surface area (Å²) in [7, 11) is 1.66. The second kappa shape index (κ2) is 4.64. The van der Waals surface area contributed by atoms with Crippen molar-refractivity contribution in [3.63, 3.8) is 0 Å². The third-order valence-electron chi connectivity index (χ3n) is 2.47. The van der Waals surface area contributed by atoms with E-state index in [1.807, 2.05) is 26.0 Å². The molecule has 1 aromatic rings. The Bertz CT molecular complexity index is 374. The second-order valence-electron chi connectivity index (χ2n) is 3.20. The summed E-state index contributed by atoms with van der Waals surface area (Å²) >= 11 is 0. The summed E-state index contributed by atoms with van der Waals surface area (Å²) in [6.07, 6.45) is 2.13. The highest BCUT2D eigenvalue weighted by Crippen LogP contribution is 2.24. The fourth-order valence-electron chi connectivity index (χ4n) is 1.45. The molecule has 0 amide bonds. The lowest BCUT2D eigenvalue weighted by atomic mass is 10.0. The zero-order chi connectivity index (χ0) is 10.6. The van der Waals surface area contributed by atoms with Crippen LogP contribution in [0.1, 0.15) is 16.7 Å². The Morgan fingerprint density at radius 1 is 1.36 bits per heavy atom. The van der Waals surface area contributed by atoms with Gasteiger partial charge in [-0.2, -0.15) is 0 Å². The average molecular weight is 190 g/mol. The molecule has 0 N–H and O–H groups in total. The third kappa shape index (κ3) is 2.04. The Morgan fingerprint density at radius 2 is 2.07 bits per heavy atom.